The normalized spacial score (nSPS) is 13.4. The molecule has 0 saturated heterocycles. The number of fused-ring (bicyclic) bond motifs is 1. The van der Waals surface area contributed by atoms with Crippen molar-refractivity contribution < 1.29 is 14.0 Å². The molecule has 2 amide bonds. The lowest BCUT2D eigenvalue weighted by atomic mass is 10.1. The van der Waals surface area contributed by atoms with Crippen LogP contribution in [-0.4, -0.2) is 34.4 Å². The summed E-state index contributed by atoms with van der Waals surface area (Å²) in [6, 6.07) is 14.8. The molecular formula is C22H23N3O4. The van der Waals surface area contributed by atoms with Gasteiger partial charge >= 0.3 is 5.76 Å². The predicted molar refractivity (Wildman–Crippen MR) is 108 cm³/mol. The predicted octanol–water partition coefficient (Wildman–Crippen LogP) is 2.54. The van der Waals surface area contributed by atoms with E-state index >= 15 is 0 Å². The van der Waals surface area contributed by atoms with Crippen molar-refractivity contribution in [2.75, 3.05) is 7.05 Å². The summed E-state index contributed by atoms with van der Waals surface area (Å²) in [7, 11) is 1.73. The van der Waals surface area contributed by atoms with Gasteiger partial charge in [0.25, 0.3) is 5.91 Å². The number of benzene rings is 2. The van der Waals surface area contributed by atoms with Crippen molar-refractivity contribution in [3.8, 4) is 0 Å². The van der Waals surface area contributed by atoms with Gasteiger partial charge in [0.05, 0.1) is 5.52 Å². The highest BCUT2D eigenvalue weighted by molar-refractivity contribution is 5.94. The van der Waals surface area contributed by atoms with Crippen molar-refractivity contribution in [3.05, 3.63) is 70.2 Å². The van der Waals surface area contributed by atoms with Gasteiger partial charge < -0.3 is 14.6 Å². The number of hydrogen-bond donors (Lipinski definition) is 1. The van der Waals surface area contributed by atoms with Crippen LogP contribution in [0.15, 0.2) is 57.7 Å². The minimum atomic E-state index is -0.457. The van der Waals surface area contributed by atoms with Gasteiger partial charge in [-0.3, -0.25) is 14.2 Å². The lowest BCUT2D eigenvalue weighted by Crippen LogP contribution is -2.28. The van der Waals surface area contributed by atoms with Crippen molar-refractivity contribution in [2.24, 2.45) is 0 Å². The summed E-state index contributed by atoms with van der Waals surface area (Å²) in [5.41, 5.74) is 2.77. The third-order valence-corrected chi connectivity index (χ3v) is 5.10. The topological polar surface area (TPSA) is 84.5 Å². The lowest BCUT2D eigenvalue weighted by Gasteiger charge is -2.17. The van der Waals surface area contributed by atoms with E-state index in [-0.39, 0.29) is 24.8 Å². The Kier molecular flexibility index (Phi) is 5.20. The lowest BCUT2D eigenvalue weighted by molar-refractivity contribution is -0.130. The van der Waals surface area contributed by atoms with E-state index in [1.165, 1.54) is 4.57 Å². The Labute approximate surface area is 167 Å². The fourth-order valence-electron chi connectivity index (χ4n) is 3.24. The summed E-state index contributed by atoms with van der Waals surface area (Å²) in [4.78, 5) is 38.2. The highest BCUT2D eigenvalue weighted by atomic mass is 16.4. The molecule has 0 radical (unpaired) electrons. The molecule has 3 aromatic rings. The van der Waals surface area contributed by atoms with Gasteiger partial charge in [-0.2, -0.15) is 0 Å². The summed E-state index contributed by atoms with van der Waals surface area (Å²) in [5, 5.41) is 2.96. The van der Waals surface area contributed by atoms with Crippen LogP contribution in [0.2, 0.25) is 0 Å². The van der Waals surface area contributed by atoms with Gasteiger partial charge in [-0.05, 0) is 42.7 Å². The number of carbonyl (C=O) groups is 2. The minimum Gasteiger partial charge on any atom is -0.408 e. The number of hydrogen-bond acceptors (Lipinski definition) is 4. The summed E-state index contributed by atoms with van der Waals surface area (Å²) in [6.07, 6.45) is 2.30. The van der Waals surface area contributed by atoms with Crippen LogP contribution >= 0.6 is 0 Å². The standard InChI is InChI=1S/C22H23N3O4/c1-24(14-15-6-8-16(9-7-15)21(27)23-17-10-11-17)20(26)12-13-25-18-4-2-3-5-19(18)29-22(25)28/h2-9,17H,10-14H2,1H3,(H,23,27). The fourth-order valence-corrected chi connectivity index (χ4v) is 3.24. The van der Waals surface area contributed by atoms with E-state index in [1.54, 1.807) is 42.3 Å². The number of nitrogens with zero attached hydrogens (tertiary/aromatic N) is 2. The van der Waals surface area contributed by atoms with E-state index in [0.717, 1.165) is 18.4 Å². The number of amides is 2. The molecule has 1 heterocycles. The smallest absolute Gasteiger partial charge is 0.408 e. The van der Waals surface area contributed by atoms with E-state index in [0.29, 0.717) is 29.2 Å². The second-order valence-corrected chi connectivity index (χ2v) is 7.43. The molecule has 1 aliphatic rings. The maximum absolute atomic E-state index is 12.5. The third kappa shape index (κ3) is 4.39. The Morgan fingerprint density at radius 3 is 2.59 bits per heavy atom. The molecule has 1 fully saturated rings. The Balaban J connectivity index is 1.33. The highest BCUT2D eigenvalue weighted by Crippen LogP contribution is 2.19. The van der Waals surface area contributed by atoms with Gasteiger partial charge in [-0.1, -0.05) is 24.3 Å². The van der Waals surface area contributed by atoms with Crippen molar-refractivity contribution in [1.29, 1.82) is 0 Å². The van der Waals surface area contributed by atoms with Crippen LogP contribution in [0.4, 0.5) is 0 Å². The Bertz CT molecular complexity index is 1090. The van der Waals surface area contributed by atoms with Crippen molar-refractivity contribution in [3.63, 3.8) is 0 Å². The first kappa shape index (κ1) is 19.0. The molecular weight excluding hydrogens is 370 g/mol. The second kappa shape index (κ2) is 7.95. The molecule has 0 aliphatic heterocycles. The number of carbonyl (C=O) groups excluding carboxylic acids is 2. The van der Waals surface area contributed by atoms with E-state index in [9.17, 15) is 14.4 Å². The van der Waals surface area contributed by atoms with E-state index < -0.39 is 5.76 Å². The number of nitrogens with one attached hydrogen (secondary N) is 1. The molecule has 1 aromatic heterocycles. The molecule has 7 nitrogen and oxygen atoms in total. The Morgan fingerprint density at radius 1 is 1.14 bits per heavy atom. The number of oxazole rings is 1. The summed E-state index contributed by atoms with van der Waals surface area (Å²) in [5.74, 6) is -0.583. The number of aromatic nitrogens is 1. The Hall–Kier alpha value is -3.35. The molecule has 4 rings (SSSR count). The van der Waals surface area contributed by atoms with Gasteiger partial charge in [0, 0.05) is 38.2 Å². The molecule has 150 valence electrons. The second-order valence-electron chi connectivity index (χ2n) is 7.43. The van der Waals surface area contributed by atoms with Crippen LogP contribution < -0.4 is 11.1 Å². The maximum Gasteiger partial charge on any atom is 0.419 e. The van der Waals surface area contributed by atoms with Crippen LogP contribution in [0.25, 0.3) is 11.1 Å². The molecule has 2 aromatic carbocycles. The van der Waals surface area contributed by atoms with Crippen LogP contribution in [0, 0.1) is 0 Å². The molecule has 0 unspecified atom stereocenters. The first-order valence-electron chi connectivity index (χ1n) is 9.73. The third-order valence-electron chi connectivity index (χ3n) is 5.10. The number of aryl methyl sites for hydroxylation is 1. The molecule has 0 atom stereocenters. The van der Waals surface area contributed by atoms with Gasteiger partial charge in [-0.25, -0.2) is 4.79 Å². The summed E-state index contributed by atoms with van der Waals surface area (Å²) in [6.45, 7) is 0.698. The highest BCUT2D eigenvalue weighted by Gasteiger charge is 2.23. The average molecular weight is 393 g/mol. The van der Waals surface area contributed by atoms with Crippen molar-refractivity contribution >= 4 is 22.9 Å². The largest absolute Gasteiger partial charge is 0.419 e. The maximum atomic E-state index is 12.5. The van der Waals surface area contributed by atoms with E-state index in [2.05, 4.69) is 5.32 Å². The molecule has 7 heteroatoms. The van der Waals surface area contributed by atoms with Gasteiger partial charge in [0.2, 0.25) is 5.91 Å². The van der Waals surface area contributed by atoms with Crippen molar-refractivity contribution in [2.45, 2.75) is 38.4 Å². The van der Waals surface area contributed by atoms with Gasteiger partial charge in [-0.15, -0.1) is 0 Å². The average Bonchev–Trinajstić information content (AvgIpc) is 3.47. The fraction of sp³-hybridized carbons (Fsp3) is 0.318. The zero-order valence-electron chi connectivity index (χ0n) is 16.3. The number of para-hydroxylation sites is 2. The van der Waals surface area contributed by atoms with Gasteiger partial charge in [0.15, 0.2) is 5.58 Å². The Morgan fingerprint density at radius 2 is 1.86 bits per heavy atom. The summed E-state index contributed by atoms with van der Waals surface area (Å²) >= 11 is 0. The quantitative estimate of drug-likeness (QED) is 0.669. The van der Waals surface area contributed by atoms with Crippen LogP contribution in [0.1, 0.15) is 35.2 Å². The molecule has 0 spiro atoms. The molecule has 1 N–H and O–H groups in total. The molecule has 0 bridgehead atoms. The van der Waals surface area contributed by atoms with Crippen LogP contribution in [-0.2, 0) is 17.9 Å². The molecule has 1 aliphatic carbocycles. The summed E-state index contributed by atoms with van der Waals surface area (Å²) < 4.78 is 6.68. The molecule has 1 saturated carbocycles. The molecule has 29 heavy (non-hydrogen) atoms. The van der Waals surface area contributed by atoms with Crippen LogP contribution in [0.3, 0.4) is 0 Å². The number of rotatable bonds is 7. The zero-order chi connectivity index (χ0) is 20.4. The van der Waals surface area contributed by atoms with Gasteiger partial charge in [0.1, 0.15) is 0 Å². The monoisotopic (exact) mass is 393 g/mol. The van der Waals surface area contributed by atoms with Crippen molar-refractivity contribution in [1.82, 2.24) is 14.8 Å². The van der Waals surface area contributed by atoms with E-state index in [4.69, 9.17) is 4.42 Å². The van der Waals surface area contributed by atoms with E-state index in [1.807, 2.05) is 18.2 Å². The first-order chi connectivity index (χ1) is 14.0. The van der Waals surface area contributed by atoms with Crippen LogP contribution in [0.5, 0.6) is 0 Å². The minimum absolute atomic E-state index is 0.0544. The first-order valence-corrected chi connectivity index (χ1v) is 9.73. The zero-order valence-corrected chi connectivity index (χ0v) is 16.3. The SMILES string of the molecule is CN(Cc1ccc(C(=O)NC2CC2)cc1)C(=O)CCn1c(=O)oc2ccccc21.